The first kappa shape index (κ1) is 26.9. The van der Waals surface area contributed by atoms with Gasteiger partial charge in [0.15, 0.2) is 11.0 Å². The highest BCUT2D eigenvalue weighted by atomic mass is 31.2. The Bertz CT molecular complexity index is 1160. The van der Waals surface area contributed by atoms with Crippen molar-refractivity contribution in [3.63, 3.8) is 0 Å². The Morgan fingerprint density at radius 1 is 1.18 bits per heavy atom. The maximum Gasteiger partial charge on any atom is 0.359 e. The lowest BCUT2D eigenvalue weighted by atomic mass is 9.95. The molecule has 2 aromatic heterocycles. The van der Waals surface area contributed by atoms with Gasteiger partial charge in [0, 0.05) is 13.5 Å². The quantitative estimate of drug-likeness (QED) is 0.396. The van der Waals surface area contributed by atoms with Crippen LogP contribution in [0.4, 0.5) is 0 Å². The Labute approximate surface area is 198 Å². The first-order chi connectivity index (χ1) is 15.6. The third-order valence-corrected chi connectivity index (χ3v) is 8.98. The number of aliphatic hydroxyl groups excluding tert-OH is 2. The summed E-state index contributed by atoms with van der Waals surface area (Å²) in [4.78, 5) is 34.7. The van der Waals surface area contributed by atoms with E-state index in [9.17, 15) is 24.5 Å². The van der Waals surface area contributed by atoms with E-state index < -0.39 is 48.5 Å². The molecule has 2 aromatic rings. The van der Waals surface area contributed by atoms with Crippen LogP contribution in [0.5, 0.6) is 0 Å². The first-order valence-electron chi connectivity index (χ1n) is 11.1. The molecular weight excluding hydrogens is 465 g/mol. The third-order valence-electron chi connectivity index (χ3n) is 6.55. The zero-order valence-electron chi connectivity index (χ0n) is 20.5. The van der Waals surface area contributed by atoms with E-state index in [2.05, 4.69) is 15.0 Å². The zero-order chi connectivity index (χ0) is 25.6. The van der Waals surface area contributed by atoms with E-state index in [1.165, 1.54) is 20.1 Å². The molecular formula is C22H34N3O8P. The average Bonchev–Trinajstić information content (AvgIpc) is 3.00. The lowest BCUT2D eigenvalue weighted by Crippen LogP contribution is -2.39. The van der Waals surface area contributed by atoms with Gasteiger partial charge in [0.25, 0.3) is 5.56 Å². The average molecular weight is 500 g/mol. The maximum absolute atomic E-state index is 12.9. The SMILES string of the molecule is CCC(C)(OC)P(=O)(O)OC(C)(C)CC1OC(c2cc3nc(C)c(C)nc3[nH]c2=O)C(O)C1O. The predicted octanol–water partition coefficient (Wildman–Crippen LogP) is 2.24. The van der Waals surface area contributed by atoms with E-state index in [1.807, 2.05) is 0 Å². The van der Waals surface area contributed by atoms with Crippen LogP contribution in [0.2, 0.25) is 0 Å². The van der Waals surface area contributed by atoms with E-state index >= 15 is 0 Å². The Kier molecular flexibility index (Phi) is 7.42. The van der Waals surface area contributed by atoms with Gasteiger partial charge < -0.3 is 34.1 Å². The Balaban J connectivity index is 1.85. The van der Waals surface area contributed by atoms with Gasteiger partial charge >= 0.3 is 7.60 Å². The topological polar surface area (TPSA) is 164 Å². The van der Waals surface area contributed by atoms with Crippen LogP contribution in [0.3, 0.4) is 0 Å². The highest BCUT2D eigenvalue weighted by Crippen LogP contribution is 2.60. The first-order valence-corrected chi connectivity index (χ1v) is 12.7. The maximum atomic E-state index is 12.9. The van der Waals surface area contributed by atoms with Crippen LogP contribution in [0, 0.1) is 13.8 Å². The molecule has 34 heavy (non-hydrogen) atoms. The van der Waals surface area contributed by atoms with Crippen molar-refractivity contribution in [3.05, 3.63) is 33.4 Å². The van der Waals surface area contributed by atoms with Crippen molar-refractivity contribution in [2.24, 2.45) is 0 Å². The minimum atomic E-state index is -4.24. The monoisotopic (exact) mass is 499 g/mol. The minimum Gasteiger partial charge on any atom is -0.388 e. The summed E-state index contributed by atoms with van der Waals surface area (Å²) in [6, 6.07) is 1.49. The van der Waals surface area contributed by atoms with Crippen LogP contribution < -0.4 is 5.56 Å². The Morgan fingerprint density at radius 3 is 2.38 bits per heavy atom. The van der Waals surface area contributed by atoms with E-state index in [-0.39, 0.29) is 18.4 Å². The molecule has 0 aromatic carbocycles. The van der Waals surface area contributed by atoms with Crippen molar-refractivity contribution in [2.75, 3.05) is 7.11 Å². The summed E-state index contributed by atoms with van der Waals surface area (Å²) in [6.07, 6.45) is -4.64. The lowest BCUT2D eigenvalue weighted by molar-refractivity contribution is -0.0483. The van der Waals surface area contributed by atoms with Gasteiger partial charge in [-0.3, -0.25) is 9.36 Å². The highest BCUT2D eigenvalue weighted by molar-refractivity contribution is 7.54. The van der Waals surface area contributed by atoms with Gasteiger partial charge in [0.05, 0.1) is 28.7 Å². The van der Waals surface area contributed by atoms with E-state index in [1.54, 1.807) is 34.6 Å². The van der Waals surface area contributed by atoms with Crippen molar-refractivity contribution < 1.29 is 33.7 Å². The molecule has 3 rings (SSSR count). The number of methoxy groups -OCH3 is 1. The number of rotatable bonds is 8. The van der Waals surface area contributed by atoms with Gasteiger partial charge in [-0.25, -0.2) is 9.97 Å². The van der Waals surface area contributed by atoms with Gasteiger partial charge in [0.1, 0.15) is 23.8 Å². The normalized spacial score (nSPS) is 27.0. The van der Waals surface area contributed by atoms with Crippen LogP contribution in [0.1, 0.15) is 63.6 Å². The number of aryl methyl sites for hydroxylation is 2. The Morgan fingerprint density at radius 2 is 1.79 bits per heavy atom. The largest absolute Gasteiger partial charge is 0.388 e. The molecule has 0 radical (unpaired) electrons. The van der Waals surface area contributed by atoms with Gasteiger partial charge in [-0.05, 0) is 47.1 Å². The summed E-state index contributed by atoms with van der Waals surface area (Å²) in [5, 5.41) is 19.9. The molecule has 11 nitrogen and oxygen atoms in total. The minimum absolute atomic E-state index is 0.0284. The van der Waals surface area contributed by atoms with E-state index in [0.29, 0.717) is 22.6 Å². The summed E-state index contributed by atoms with van der Waals surface area (Å²) >= 11 is 0. The standard InChI is InChI=1S/C22H34N3O8P/c1-8-22(6,31-7)34(29,30)33-21(4,5)10-15-16(26)17(27)18(32-15)13-9-14-19(25-20(13)28)24-12(3)11(2)23-14/h9,15-18,26-27H,8,10H2,1-7H3,(H,29,30)(H,24,25,28). The third kappa shape index (κ3) is 4.97. The second-order valence-electron chi connectivity index (χ2n) is 9.57. The molecule has 0 spiro atoms. The molecule has 1 saturated heterocycles. The number of nitrogens with zero attached hydrogens (tertiary/aromatic N) is 2. The number of fused-ring (bicyclic) bond motifs is 1. The van der Waals surface area contributed by atoms with Crippen molar-refractivity contribution in [1.29, 1.82) is 0 Å². The number of nitrogens with one attached hydrogen (secondary N) is 1. The van der Waals surface area contributed by atoms with Gasteiger partial charge in [-0.2, -0.15) is 0 Å². The summed E-state index contributed by atoms with van der Waals surface area (Å²) < 4.78 is 29.7. The number of hydrogen-bond donors (Lipinski definition) is 4. The number of H-pyrrole nitrogens is 1. The molecule has 0 amide bonds. The van der Waals surface area contributed by atoms with Crippen molar-refractivity contribution in [2.45, 2.75) is 89.7 Å². The van der Waals surface area contributed by atoms with Crippen LogP contribution >= 0.6 is 7.60 Å². The van der Waals surface area contributed by atoms with Crippen molar-refractivity contribution in [3.8, 4) is 0 Å². The molecule has 1 fully saturated rings. The van der Waals surface area contributed by atoms with Crippen molar-refractivity contribution >= 4 is 18.8 Å². The van der Waals surface area contributed by atoms with Gasteiger partial charge in [-0.15, -0.1) is 0 Å². The number of ether oxygens (including phenoxy) is 2. The molecule has 1 aliphatic rings. The number of pyridine rings is 1. The zero-order valence-corrected chi connectivity index (χ0v) is 21.4. The van der Waals surface area contributed by atoms with E-state index in [0.717, 1.165) is 0 Å². The number of aromatic amines is 1. The molecule has 1 aliphatic heterocycles. The number of aromatic nitrogens is 3. The van der Waals surface area contributed by atoms with Crippen LogP contribution in [0.15, 0.2) is 10.9 Å². The molecule has 190 valence electrons. The molecule has 0 aliphatic carbocycles. The second kappa shape index (κ2) is 9.39. The molecule has 0 bridgehead atoms. The summed E-state index contributed by atoms with van der Waals surface area (Å²) in [7, 11) is -2.90. The second-order valence-corrected chi connectivity index (χ2v) is 11.7. The van der Waals surface area contributed by atoms with Gasteiger partial charge in [-0.1, -0.05) is 6.92 Å². The molecule has 3 heterocycles. The van der Waals surface area contributed by atoms with Crippen LogP contribution in [-0.4, -0.2) is 66.4 Å². The fourth-order valence-electron chi connectivity index (χ4n) is 4.00. The predicted molar refractivity (Wildman–Crippen MR) is 125 cm³/mol. The van der Waals surface area contributed by atoms with Crippen molar-refractivity contribution in [1.82, 2.24) is 15.0 Å². The molecule has 4 N–H and O–H groups in total. The van der Waals surface area contributed by atoms with Crippen LogP contribution in [0.25, 0.3) is 11.2 Å². The molecule has 0 saturated carbocycles. The highest BCUT2D eigenvalue weighted by Gasteiger charge is 2.50. The molecule has 6 atom stereocenters. The molecule has 12 heteroatoms. The number of hydrogen-bond acceptors (Lipinski definition) is 9. The van der Waals surface area contributed by atoms with E-state index in [4.69, 9.17) is 14.0 Å². The fourth-order valence-corrected chi connectivity index (χ4v) is 5.57. The lowest BCUT2D eigenvalue weighted by Gasteiger charge is -2.37. The summed E-state index contributed by atoms with van der Waals surface area (Å²) in [6.45, 7) is 9.94. The number of aliphatic hydroxyl groups is 2. The summed E-state index contributed by atoms with van der Waals surface area (Å²) in [5.74, 6) is 0. The molecule has 6 unspecified atom stereocenters. The summed E-state index contributed by atoms with van der Waals surface area (Å²) in [5.41, 5.74) is 0.467. The smallest absolute Gasteiger partial charge is 0.359 e. The van der Waals surface area contributed by atoms with Gasteiger partial charge in [0.2, 0.25) is 0 Å². The Hall–Kier alpha value is -1.72. The van der Waals surface area contributed by atoms with Crippen LogP contribution in [-0.2, 0) is 18.6 Å². The fraction of sp³-hybridized carbons (Fsp3) is 0.682.